The molecule has 0 aliphatic rings. The summed E-state index contributed by atoms with van der Waals surface area (Å²) < 4.78 is 36.4. The minimum absolute atomic E-state index is 0.303. The van der Waals surface area contributed by atoms with Crippen LogP contribution in [-0.2, 0) is 0 Å². The fourth-order valence-electron chi connectivity index (χ4n) is 1.04. The Balaban J connectivity index is 3.04. The highest BCUT2D eigenvalue weighted by Gasteiger charge is 2.39. The first-order valence-electron chi connectivity index (χ1n) is 4.26. The number of hydrogen-bond acceptors (Lipinski definition) is 2. The number of thiol groups is 1. The van der Waals surface area contributed by atoms with Crippen molar-refractivity contribution < 1.29 is 18.0 Å². The monoisotopic (exact) mass is 244 g/mol. The number of alkyl halides is 3. The molecule has 0 atom stereocenters. The van der Waals surface area contributed by atoms with Crippen molar-refractivity contribution in [3.63, 3.8) is 0 Å². The van der Waals surface area contributed by atoms with E-state index in [-0.39, 0.29) is 0 Å². The summed E-state index contributed by atoms with van der Waals surface area (Å²) in [6, 6.07) is 5.12. The molecule has 1 aromatic rings. The number of hydrogen-bond donors (Lipinski definition) is 1. The highest BCUT2D eigenvalue weighted by atomic mass is 32.1. The van der Waals surface area contributed by atoms with Crippen molar-refractivity contribution in [2.75, 3.05) is 5.75 Å². The summed E-state index contributed by atoms with van der Waals surface area (Å²) in [4.78, 5) is 10.9. The largest absolute Gasteiger partial charge is 0.454 e. The van der Waals surface area contributed by atoms with E-state index in [1.165, 1.54) is 12.1 Å². The van der Waals surface area contributed by atoms with E-state index >= 15 is 0 Å². The van der Waals surface area contributed by atoms with Crippen LogP contribution in [0.25, 0.3) is 0 Å². The zero-order chi connectivity index (χ0) is 12.2. The summed E-state index contributed by atoms with van der Waals surface area (Å²) >= 11 is 3.84. The number of carbonyl (C=O) groups excluding carboxylic acids is 1. The van der Waals surface area contributed by atoms with Crippen LogP contribution in [0.1, 0.15) is 15.9 Å². The molecule has 0 radical (unpaired) electrons. The van der Waals surface area contributed by atoms with E-state index in [4.69, 9.17) is 0 Å². The van der Waals surface area contributed by atoms with Gasteiger partial charge in [0.1, 0.15) is 0 Å². The van der Waals surface area contributed by atoms with Crippen LogP contribution in [-0.4, -0.2) is 17.7 Å². The van der Waals surface area contributed by atoms with Crippen LogP contribution in [0.5, 0.6) is 0 Å². The molecule has 5 heteroatoms. The Kier molecular flexibility index (Phi) is 4.02. The number of ketones is 1. The molecule has 1 aromatic carbocycles. The van der Waals surface area contributed by atoms with Gasteiger partial charge in [-0.2, -0.15) is 25.8 Å². The minimum atomic E-state index is -4.85. The predicted octanol–water partition coefficient (Wildman–Crippen LogP) is 2.71. The second-order valence-electron chi connectivity index (χ2n) is 2.87. The SMILES string of the molecule is O=C(c1cccc(C#CCS)c1)C(F)(F)F. The van der Waals surface area contributed by atoms with Crippen LogP contribution < -0.4 is 0 Å². The smallest absolute Gasteiger partial charge is 0.284 e. The van der Waals surface area contributed by atoms with Crippen LogP contribution in [0.3, 0.4) is 0 Å². The molecular weight excluding hydrogens is 237 g/mol. The standard InChI is InChI=1S/C11H7F3OS/c12-11(13,14)10(15)9-5-1-3-8(7-9)4-2-6-16/h1,3,5,7,16H,6H2. The number of Topliss-reactive ketones (excluding diaryl/α,β-unsaturated/α-hetero) is 1. The predicted molar refractivity (Wildman–Crippen MR) is 57.6 cm³/mol. The third-order valence-corrected chi connectivity index (χ3v) is 1.85. The quantitative estimate of drug-likeness (QED) is 0.456. The Morgan fingerprint density at radius 2 is 2.06 bits per heavy atom. The maximum atomic E-state index is 12.1. The van der Waals surface area contributed by atoms with Crippen LogP contribution in [0.15, 0.2) is 24.3 Å². The normalized spacial score (nSPS) is 10.5. The molecule has 0 aliphatic heterocycles. The first-order chi connectivity index (χ1) is 7.45. The van der Waals surface area contributed by atoms with Crippen molar-refractivity contribution in [2.24, 2.45) is 0 Å². The van der Waals surface area contributed by atoms with E-state index in [0.29, 0.717) is 11.3 Å². The Hall–Kier alpha value is -1.41. The molecule has 0 N–H and O–H groups in total. The van der Waals surface area contributed by atoms with Crippen molar-refractivity contribution in [2.45, 2.75) is 6.18 Å². The van der Waals surface area contributed by atoms with E-state index < -0.39 is 17.5 Å². The number of rotatable bonds is 1. The van der Waals surface area contributed by atoms with Crippen LogP contribution in [0.2, 0.25) is 0 Å². The Morgan fingerprint density at radius 1 is 1.38 bits per heavy atom. The molecule has 0 saturated heterocycles. The molecule has 0 aliphatic carbocycles. The molecule has 0 spiro atoms. The van der Waals surface area contributed by atoms with E-state index in [9.17, 15) is 18.0 Å². The van der Waals surface area contributed by atoms with Crippen molar-refractivity contribution >= 4 is 18.4 Å². The van der Waals surface area contributed by atoms with Crippen LogP contribution in [0, 0.1) is 11.8 Å². The second kappa shape index (κ2) is 5.08. The second-order valence-corrected chi connectivity index (χ2v) is 3.18. The van der Waals surface area contributed by atoms with E-state index in [1.807, 2.05) is 0 Å². The minimum Gasteiger partial charge on any atom is -0.284 e. The summed E-state index contributed by atoms with van der Waals surface area (Å²) in [7, 11) is 0. The van der Waals surface area contributed by atoms with Gasteiger partial charge in [0.05, 0.1) is 5.75 Å². The third-order valence-electron chi connectivity index (χ3n) is 1.69. The van der Waals surface area contributed by atoms with Gasteiger partial charge in [-0.05, 0) is 12.1 Å². The fraction of sp³-hybridized carbons (Fsp3) is 0.182. The van der Waals surface area contributed by atoms with Gasteiger partial charge in [-0.25, -0.2) is 0 Å². The third kappa shape index (κ3) is 3.31. The van der Waals surface area contributed by atoms with Gasteiger partial charge < -0.3 is 0 Å². The lowest BCUT2D eigenvalue weighted by molar-refractivity contribution is -0.0885. The Bertz CT molecular complexity index is 454. The van der Waals surface area contributed by atoms with Crippen LogP contribution in [0.4, 0.5) is 13.2 Å². The van der Waals surface area contributed by atoms with Gasteiger partial charge in [0.2, 0.25) is 0 Å². The number of benzene rings is 1. The van der Waals surface area contributed by atoms with Crippen molar-refractivity contribution in [3.8, 4) is 11.8 Å². The highest BCUT2D eigenvalue weighted by Crippen LogP contribution is 2.21. The van der Waals surface area contributed by atoms with E-state index in [2.05, 4.69) is 24.5 Å². The van der Waals surface area contributed by atoms with Gasteiger partial charge in [0, 0.05) is 11.1 Å². The summed E-state index contributed by atoms with van der Waals surface area (Å²) in [6.45, 7) is 0. The fourth-order valence-corrected chi connectivity index (χ4v) is 1.12. The molecule has 1 rings (SSSR count). The van der Waals surface area contributed by atoms with Gasteiger partial charge in [-0.1, -0.05) is 24.0 Å². The molecule has 0 bridgehead atoms. The lowest BCUT2D eigenvalue weighted by Crippen LogP contribution is -2.22. The van der Waals surface area contributed by atoms with Crippen LogP contribution >= 0.6 is 12.6 Å². The Morgan fingerprint density at radius 3 is 2.62 bits per heavy atom. The molecule has 0 amide bonds. The summed E-state index contributed by atoms with van der Waals surface area (Å²) in [5.74, 6) is 3.63. The zero-order valence-electron chi connectivity index (χ0n) is 8.01. The zero-order valence-corrected chi connectivity index (χ0v) is 8.90. The Labute approximate surface area is 96.1 Å². The average molecular weight is 244 g/mol. The van der Waals surface area contributed by atoms with Gasteiger partial charge in [-0.3, -0.25) is 4.79 Å². The lowest BCUT2D eigenvalue weighted by Gasteiger charge is -2.04. The van der Waals surface area contributed by atoms with Gasteiger partial charge in [0.15, 0.2) is 0 Å². The number of carbonyl (C=O) groups is 1. The average Bonchev–Trinajstić information content (AvgIpc) is 2.24. The summed E-state index contributed by atoms with van der Waals surface area (Å²) in [5, 5.41) is 0. The summed E-state index contributed by atoms with van der Waals surface area (Å²) in [5.41, 5.74) is -0.0392. The molecule has 0 aromatic heterocycles. The maximum Gasteiger partial charge on any atom is 0.454 e. The number of halogens is 3. The lowest BCUT2D eigenvalue weighted by atomic mass is 10.1. The summed E-state index contributed by atoms with van der Waals surface area (Å²) in [6.07, 6.45) is -4.85. The van der Waals surface area contributed by atoms with Crippen molar-refractivity contribution in [3.05, 3.63) is 35.4 Å². The maximum absolute atomic E-state index is 12.1. The molecule has 16 heavy (non-hydrogen) atoms. The molecule has 0 heterocycles. The highest BCUT2D eigenvalue weighted by molar-refractivity contribution is 7.80. The molecule has 1 nitrogen and oxygen atoms in total. The van der Waals surface area contributed by atoms with Gasteiger partial charge in [0.25, 0.3) is 5.78 Å². The van der Waals surface area contributed by atoms with E-state index in [1.54, 1.807) is 0 Å². The van der Waals surface area contributed by atoms with Gasteiger partial charge in [-0.15, -0.1) is 0 Å². The van der Waals surface area contributed by atoms with E-state index in [0.717, 1.165) is 12.1 Å². The first kappa shape index (κ1) is 12.7. The van der Waals surface area contributed by atoms with Crippen molar-refractivity contribution in [1.29, 1.82) is 0 Å². The van der Waals surface area contributed by atoms with Crippen molar-refractivity contribution in [1.82, 2.24) is 0 Å². The molecule has 0 unspecified atom stereocenters. The topological polar surface area (TPSA) is 17.1 Å². The molecule has 84 valence electrons. The molecule has 0 fully saturated rings. The molecule has 0 saturated carbocycles. The van der Waals surface area contributed by atoms with Gasteiger partial charge >= 0.3 is 6.18 Å². The first-order valence-corrected chi connectivity index (χ1v) is 4.89. The molecular formula is C11H7F3OS.